The molecule has 0 bridgehead atoms. The molecule has 4 nitrogen and oxygen atoms in total. The zero-order chi connectivity index (χ0) is 14.4. The summed E-state index contributed by atoms with van der Waals surface area (Å²) >= 11 is 0. The predicted molar refractivity (Wildman–Crippen MR) is 73.1 cm³/mol. The van der Waals surface area contributed by atoms with Crippen molar-refractivity contribution in [3.8, 4) is 5.75 Å². The highest BCUT2D eigenvalue weighted by Gasteiger charge is 2.26. The van der Waals surface area contributed by atoms with Crippen molar-refractivity contribution in [3.63, 3.8) is 0 Å². The molecular formula is C15H20FNO3. The Hall–Kier alpha value is -1.62. The van der Waals surface area contributed by atoms with Gasteiger partial charge in [-0.1, -0.05) is 12.1 Å². The van der Waals surface area contributed by atoms with E-state index in [0.29, 0.717) is 19.6 Å². The van der Waals surface area contributed by atoms with E-state index in [1.807, 2.05) is 0 Å². The Labute approximate surface area is 118 Å². The van der Waals surface area contributed by atoms with E-state index in [9.17, 15) is 9.18 Å². The first kappa shape index (κ1) is 14.8. The molecular weight excluding hydrogens is 261 g/mol. The van der Waals surface area contributed by atoms with E-state index < -0.39 is 0 Å². The molecule has 5 heteroatoms. The molecule has 1 aliphatic rings. The Morgan fingerprint density at radius 3 is 3.00 bits per heavy atom. The molecule has 1 N–H and O–H groups in total. The Morgan fingerprint density at radius 1 is 1.45 bits per heavy atom. The zero-order valence-electron chi connectivity index (χ0n) is 11.6. The van der Waals surface area contributed by atoms with Crippen molar-refractivity contribution < 1.29 is 18.7 Å². The molecule has 0 radical (unpaired) electrons. The van der Waals surface area contributed by atoms with E-state index in [1.165, 1.54) is 6.07 Å². The molecule has 20 heavy (non-hydrogen) atoms. The first-order valence-electron chi connectivity index (χ1n) is 6.99. The molecule has 1 aromatic rings. The van der Waals surface area contributed by atoms with Gasteiger partial charge in [-0.05, 0) is 25.5 Å². The normalized spacial score (nSPS) is 21.7. The number of ether oxygens (including phenoxy) is 2. The number of para-hydroxylation sites is 1. The standard InChI is InChI=1S/C15H20FNO3/c1-2-19-15(18)8-7-11-9-12(10-17-11)20-14-6-4-3-5-13(14)16/h3-6,11-12,17H,2,7-10H2,1H3/t11-,12+/m1/s1. The van der Waals surface area contributed by atoms with Crippen LogP contribution >= 0.6 is 0 Å². The summed E-state index contributed by atoms with van der Waals surface area (Å²) in [5, 5.41) is 3.29. The summed E-state index contributed by atoms with van der Waals surface area (Å²) in [5.74, 6) is -0.236. The average molecular weight is 281 g/mol. The summed E-state index contributed by atoms with van der Waals surface area (Å²) in [6.07, 6.45) is 1.83. The lowest BCUT2D eigenvalue weighted by Crippen LogP contribution is -2.23. The molecule has 0 unspecified atom stereocenters. The lowest BCUT2D eigenvalue weighted by Gasteiger charge is -2.13. The first-order valence-corrected chi connectivity index (χ1v) is 6.99. The van der Waals surface area contributed by atoms with Crippen LogP contribution in [-0.4, -0.2) is 31.3 Å². The van der Waals surface area contributed by atoms with Crippen LogP contribution in [0.2, 0.25) is 0 Å². The van der Waals surface area contributed by atoms with Crippen molar-refractivity contribution >= 4 is 5.97 Å². The second kappa shape index (κ2) is 7.24. The number of carbonyl (C=O) groups is 1. The average Bonchev–Trinajstić information content (AvgIpc) is 2.87. The van der Waals surface area contributed by atoms with Crippen LogP contribution in [0.25, 0.3) is 0 Å². The van der Waals surface area contributed by atoms with Gasteiger partial charge in [-0.2, -0.15) is 0 Å². The lowest BCUT2D eigenvalue weighted by molar-refractivity contribution is -0.143. The third-order valence-electron chi connectivity index (χ3n) is 3.31. The van der Waals surface area contributed by atoms with Gasteiger partial charge in [0.2, 0.25) is 0 Å². The second-order valence-corrected chi connectivity index (χ2v) is 4.85. The van der Waals surface area contributed by atoms with Gasteiger partial charge in [0.05, 0.1) is 6.61 Å². The van der Waals surface area contributed by atoms with Crippen molar-refractivity contribution in [2.45, 2.75) is 38.3 Å². The fraction of sp³-hybridized carbons (Fsp3) is 0.533. The van der Waals surface area contributed by atoms with E-state index in [2.05, 4.69) is 5.32 Å². The number of carbonyl (C=O) groups excluding carboxylic acids is 1. The molecule has 110 valence electrons. The highest BCUT2D eigenvalue weighted by molar-refractivity contribution is 5.69. The molecule has 0 aromatic heterocycles. The van der Waals surface area contributed by atoms with Gasteiger partial charge >= 0.3 is 5.97 Å². The number of esters is 1. The Balaban J connectivity index is 1.75. The number of rotatable bonds is 6. The van der Waals surface area contributed by atoms with Crippen molar-refractivity contribution in [2.24, 2.45) is 0 Å². The molecule has 0 aliphatic carbocycles. The van der Waals surface area contributed by atoms with Crippen molar-refractivity contribution in [2.75, 3.05) is 13.2 Å². The van der Waals surface area contributed by atoms with Crippen LogP contribution in [0.3, 0.4) is 0 Å². The number of halogens is 1. The quantitative estimate of drug-likeness (QED) is 0.813. The van der Waals surface area contributed by atoms with E-state index in [-0.39, 0.29) is 29.7 Å². The number of benzene rings is 1. The topological polar surface area (TPSA) is 47.6 Å². The van der Waals surface area contributed by atoms with E-state index in [4.69, 9.17) is 9.47 Å². The summed E-state index contributed by atoms with van der Waals surface area (Å²) in [6, 6.07) is 6.62. The minimum Gasteiger partial charge on any atom is -0.486 e. The third kappa shape index (κ3) is 4.20. The van der Waals surface area contributed by atoms with E-state index >= 15 is 0 Å². The fourth-order valence-electron chi connectivity index (χ4n) is 2.34. The van der Waals surface area contributed by atoms with Gasteiger partial charge in [0, 0.05) is 25.4 Å². The van der Waals surface area contributed by atoms with Gasteiger partial charge < -0.3 is 14.8 Å². The maximum atomic E-state index is 13.5. The third-order valence-corrected chi connectivity index (χ3v) is 3.31. The lowest BCUT2D eigenvalue weighted by atomic mass is 10.1. The van der Waals surface area contributed by atoms with Gasteiger partial charge in [0.25, 0.3) is 0 Å². The highest BCUT2D eigenvalue weighted by Crippen LogP contribution is 2.21. The largest absolute Gasteiger partial charge is 0.486 e. The monoisotopic (exact) mass is 281 g/mol. The maximum Gasteiger partial charge on any atom is 0.305 e. The molecule has 2 rings (SSSR count). The summed E-state index contributed by atoms with van der Waals surface area (Å²) in [6.45, 7) is 2.88. The van der Waals surface area contributed by atoms with Crippen LogP contribution in [0.15, 0.2) is 24.3 Å². The molecule has 1 aromatic carbocycles. The number of hydrogen-bond acceptors (Lipinski definition) is 4. The van der Waals surface area contributed by atoms with Crippen molar-refractivity contribution in [1.82, 2.24) is 5.32 Å². The summed E-state index contributed by atoms with van der Waals surface area (Å²) in [5.41, 5.74) is 0. The Bertz CT molecular complexity index is 452. The van der Waals surface area contributed by atoms with Crippen molar-refractivity contribution in [1.29, 1.82) is 0 Å². The minimum atomic E-state index is -0.345. The van der Waals surface area contributed by atoms with Gasteiger partial charge in [-0.15, -0.1) is 0 Å². The van der Waals surface area contributed by atoms with Crippen LogP contribution in [0, 0.1) is 5.82 Å². The maximum absolute atomic E-state index is 13.5. The van der Waals surface area contributed by atoms with E-state index in [0.717, 1.165) is 12.8 Å². The zero-order valence-corrected chi connectivity index (χ0v) is 11.6. The van der Waals surface area contributed by atoms with Gasteiger partial charge in [0.15, 0.2) is 11.6 Å². The molecule has 1 fully saturated rings. The second-order valence-electron chi connectivity index (χ2n) is 4.85. The summed E-state index contributed by atoms with van der Waals surface area (Å²) in [4.78, 5) is 11.3. The Kier molecular flexibility index (Phi) is 5.35. The van der Waals surface area contributed by atoms with Crippen LogP contribution < -0.4 is 10.1 Å². The first-order chi connectivity index (χ1) is 9.69. The molecule has 2 atom stereocenters. The molecule has 1 aliphatic heterocycles. The SMILES string of the molecule is CCOC(=O)CC[C@@H]1C[C@H](Oc2ccccc2F)CN1. The van der Waals surface area contributed by atoms with Crippen LogP contribution in [0.5, 0.6) is 5.75 Å². The molecule has 0 amide bonds. The van der Waals surface area contributed by atoms with Gasteiger partial charge in [0.1, 0.15) is 6.10 Å². The number of hydrogen-bond donors (Lipinski definition) is 1. The summed E-state index contributed by atoms with van der Waals surface area (Å²) in [7, 11) is 0. The summed E-state index contributed by atoms with van der Waals surface area (Å²) < 4.78 is 24.0. The molecule has 0 saturated carbocycles. The van der Waals surface area contributed by atoms with Crippen molar-refractivity contribution in [3.05, 3.63) is 30.1 Å². The fourth-order valence-corrected chi connectivity index (χ4v) is 2.34. The van der Waals surface area contributed by atoms with Gasteiger partial charge in [-0.3, -0.25) is 4.79 Å². The van der Waals surface area contributed by atoms with Crippen LogP contribution in [0.4, 0.5) is 4.39 Å². The molecule has 1 heterocycles. The Morgan fingerprint density at radius 2 is 2.25 bits per heavy atom. The predicted octanol–water partition coefficient (Wildman–Crippen LogP) is 2.28. The molecule has 0 spiro atoms. The van der Waals surface area contributed by atoms with Gasteiger partial charge in [-0.25, -0.2) is 4.39 Å². The highest BCUT2D eigenvalue weighted by atomic mass is 19.1. The molecule has 1 saturated heterocycles. The number of nitrogens with one attached hydrogen (secondary N) is 1. The minimum absolute atomic E-state index is 0.0564. The smallest absolute Gasteiger partial charge is 0.305 e. The van der Waals surface area contributed by atoms with Crippen LogP contribution in [0.1, 0.15) is 26.2 Å². The van der Waals surface area contributed by atoms with E-state index in [1.54, 1.807) is 25.1 Å². The van der Waals surface area contributed by atoms with Crippen LogP contribution in [-0.2, 0) is 9.53 Å².